The molecule has 3 rings (SSSR count). The van der Waals surface area contributed by atoms with Crippen LogP contribution in [-0.2, 0) is 0 Å². The van der Waals surface area contributed by atoms with Crippen molar-refractivity contribution >= 4 is 16.8 Å². The number of carbonyl (C=O) groups excluding carboxylic acids is 1. The maximum absolute atomic E-state index is 12.6. The predicted octanol–water partition coefficient (Wildman–Crippen LogP) is 3.83. The zero-order chi connectivity index (χ0) is 16.1. The summed E-state index contributed by atoms with van der Waals surface area (Å²) >= 11 is 0. The van der Waals surface area contributed by atoms with Crippen LogP contribution in [0, 0.1) is 0 Å². The Morgan fingerprint density at radius 3 is 2.70 bits per heavy atom. The van der Waals surface area contributed by atoms with Gasteiger partial charge in [-0.05, 0) is 30.7 Å². The fourth-order valence-corrected chi connectivity index (χ4v) is 2.48. The molecule has 2 heterocycles. The Morgan fingerprint density at radius 2 is 1.91 bits per heavy atom. The van der Waals surface area contributed by atoms with E-state index in [1.54, 1.807) is 6.20 Å². The Morgan fingerprint density at radius 1 is 1.09 bits per heavy atom. The zero-order valence-corrected chi connectivity index (χ0v) is 13.1. The third-order valence-corrected chi connectivity index (χ3v) is 3.70. The molecule has 0 fully saturated rings. The summed E-state index contributed by atoms with van der Waals surface area (Å²) in [7, 11) is 0. The van der Waals surface area contributed by atoms with Crippen LogP contribution < -0.4 is 5.32 Å². The zero-order valence-electron chi connectivity index (χ0n) is 13.1. The second kappa shape index (κ2) is 7.01. The van der Waals surface area contributed by atoms with Gasteiger partial charge in [-0.1, -0.05) is 37.6 Å². The molecule has 0 saturated carbocycles. The van der Waals surface area contributed by atoms with Crippen molar-refractivity contribution in [1.82, 2.24) is 15.3 Å². The second-order valence-electron chi connectivity index (χ2n) is 5.40. The van der Waals surface area contributed by atoms with E-state index in [-0.39, 0.29) is 5.91 Å². The topological polar surface area (TPSA) is 54.9 Å². The molecule has 3 aromatic rings. The molecular weight excluding hydrogens is 286 g/mol. The van der Waals surface area contributed by atoms with E-state index < -0.39 is 0 Å². The molecule has 0 atom stereocenters. The molecule has 1 aromatic carbocycles. The van der Waals surface area contributed by atoms with Gasteiger partial charge in [-0.25, -0.2) is 4.98 Å². The largest absolute Gasteiger partial charge is 0.352 e. The van der Waals surface area contributed by atoms with Gasteiger partial charge in [-0.3, -0.25) is 9.78 Å². The summed E-state index contributed by atoms with van der Waals surface area (Å²) in [6.07, 6.45) is 3.76. The first-order valence-electron chi connectivity index (χ1n) is 7.89. The van der Waals surface area contributed by atoms with Crippen molar-refractivity contribution in [3.8, 4) is 11.4 Å². The Hall–Kier alpha value is -2.75. The van der Waals surface area contributed by atoms with Gasteiger partial charge in [0.15, 0.2) is 0 Å². The van der Waals surface area contributed by atoms with Crippen LogP contribution in [-0.4, -0.2) is 22.4 Å². The smallest absolute Gasteiger partial charge is 0.252 e. The summed E-state index contributed by atoms with van der Waals surface area (Å²) in [4.78, 5) is 21.5. The number of pyridine rings is 2. The molecule has 2 aromatic heterocycles. The lowest BCUT2D eigenvalue weighted by Crippen LogP contribution is -2.24. The third kappa shape index (κ3) is 3.37. The molecule has 4 heteroatoms. The van der Waals surface area contributed by atoms with Crippen LogP contribution in [0.1, 0.15) is 30.1 Å². The molecule has 0 unspecified atom stereocenters. The van der Waals surface area contributed by atoms with Crippen LogP contribution >= 0.6 is 0 Å². The number of nitrogens with one attached hydrogen (secondary N) is 1. The van der Waals surface area contributed by atoms with Crippen LogP contribution in [0.25, 0.3) is 22.3 Å². The first-order valence-corrected chi connectivity index (χ1v) is 7.89. The van der Waals surface area contributed by atoms with Gasteiger partial charge in [-0.15, -0.1) is 0 Å². The quantitative estimate of drug-likeness (QED) is 0.729. The Balaban J connectivity index is 2.06. The fourth-order valence-electron chi connectivity index (χ4n) is 2.48. The molecule has 0 bridgehead atoms. The number of carbonyl (C=O) groups is 1. The number of hydrogen-bond acceptors (Lipinski definition) is 3. The summed E-state index contributed by atoms with van der Waals surface area (Å²) in [6.45, 7) is 2.79. The summed E-state index contributed by atoms with van der Waals surface area (Å²) in [6, 6.07) is 15.2. The second-order valence-corrected chi connectivity index (χ2v) is 5.40. The number of hydrogen-bond donors (Lipinski definition) is 1. The molecule has 0 saturated heterocycles. The van der Waals surface area contributed by atoms with Crippen molar-refractivity contribution in [2.75, 3.05) is 6.54 Å². The molecule has 4 nitrogen and oxygen atoms in total. The average molecular weight is 305 g/mol. The van der Waals surface area contributed by atoms with Crippen molar-refractivity contribution in [3.63, 3.8) is 0 Å². The molecular formula is C19H19N3O. The maximum atomic E-state index is 12.6. The number of amides is 1. The Labute approximate surface area is 135 Å². The summed E-state index contributed by atoms with van der Waals surface area (Å²) in [5.74, 6) is -0.0609. The highest BCUT2D eigenvalue weighted by atomic mass is 16.1. The summed E-state index contributed by atoms with van der Waals surface area (Å²) < 4.78 is 0. The van der Waals surface area contributed by atoms with Crippen LogP contribution in [0.3, 0.4) is 0 Å². The lowest BCUT2D eigenvalue weighted by molar-refractivity contribution is 0.0955. The molecule has 0 aliphatic heterocycles. The van der Waals surface area contributed by atoms with Crippen molar-refractivity contribution in [3.05, 3.63) is 60.3 Å². The first kappa shape index (κ1) is 15.2. The van der Waals surface area contributed by atoms with E-state index in [1.165, 1.54) is 0 Å². The number of para-hydroxylation sites is 1. The van der Waals surface area contributed by atoms with Crippen molar-refractivity contribution in [2.24, 2.45) is 0 Å². The van der Waals surface area contributed by atoms with Gasteiger partial charge < -0.3 is 5.32 Å². The van der Waals surface area contributed by atoms with Gasteiger partial charge in [-0.2, -0.15) is 0 Å². The van der Waals surface area contributed by atoms with E-state index >= 15 is 0 Å². The van der Waals surface area contributed by atoms with Gasteiger partial charge in [0.05, 0.1) is 22.5 Å². The van der Waals surface area contributed by atoms with Crippen LogP contribution in [0.5, 0.6) is 0 Å². The lowest BCUT2D eigenvalue weighted by atomic mass is 10.1. The van der Waals surface area contributed by atoms with Gasteiger partial charge in [0.2, 0.25) is 0 Å². The highest BCUT2D eigenvalue weighted by Crippen LogP contribution is 2.23. The van der Waals surface area contributed by atoms with E-state index in [0.29, 0.717) is 17.8 Å². The Bertz CT molecular complexity index is 815. The number of benzene rings is 1. The minimum atomic E-state index is -0.0609. The minimum Gasteiger partial charge on any atom is -0.352 e. The number of aromatic nitrogens is 2. The maximum Gasteiger partial charge on any atom is 0.252 e. The molecule has 1 N–H and O–H groups in total. The van der Waals surface area contributed by atoms with Gasteiger partial charge in [0, 0.05) is 18.1 Å². The van der Waals surface area contributed by atoms with Gasteiger partial charge >= 0.3 is 0 Å². The number of fused-ring (bicyclic) bond motifs is 1. The van der Waals surface area contributed by atoms with E-state index in [1.807, 2.05) is 48.5 Å². The highest BCUT2D eigenvalue weighted by molar-refractivity contribution is 6.07. The molecule has 1 amide bonds. The van der Waals surface area contributed by atoms with Gasteiger partial charge in [0.25, 0.3) is 5.91 Å². The highest BCUT2D eigenvalue weighted by Gasteiger charge is 2.13. The van der Waals surface area contributed by atoms with E-state index in [2.05, 4.69) is 22.2 Å². The van der Waals surface area contributed by atoms with Gasteiger partial charge in [0.1, 0.15) is 0 Å². The van der Waals surface area contributed by atoms with E-state index in [9.17, 15) is 4.79 Å². The van der Waals surface area contributed by atoms with E-state index in [4.69, 9.17) is 0 Å². The third-order valence-electron chi connectivity index (χ3n) is 3.70. The predicted molar refractivity (Wildman–Crippen MR) is 92.2 cm³/mol. The van der Waals surface area contributed by atoms with Crippen LogP contribution in [0.15, 0.2) is 54.7 Å². The number of nitrogens with zero attached hydrogens (tertiary/aromatic N) is 2. The standard InChI is InChI=1S/C19H19N3O/c1-2-3-11-21-19(23)15-13-18(17-10-6-7-12-20-17)22-16-9-5-4-8-14(15)16/h4-10,12-13H,2-3,11H2,1H3,(H,21,23). The van der Waals surface area contributed by atoms with Crippen molar-refractivity contribution in [1.29, 1.82) is 0 Å². The molecule has 0 aliphatic rings. The minimum absolute atomic E-state index is 0.0609. The number of rotatable bonds is 5. The van der Waals surface area contributed by atoms with Crippen LogP contribution in [0.4, 0.5) is 0 Å². The fraction of sp³-hybridized carbons (Fsp3) is 0.211. The normalized spacial score (nSPS) is 10.7. The summed E-state index contributed by atoms with van der Waals surface area (Å²) in [5.41, 5.74) is 2.93. The average Bonchev–Trinajstić information content (AvgIpc) is 2.61. The van der Waals surface area contributed by atoms with E-state index in [0.717, 1.165) is 29.4 Å². The first-order chi connectivity index (χ1) is 11.3. The summed E-state index contributed by atoms with van der Waals surface area (Å²) in [5, 5.41) is 3.85. The number of unbranched alkanes of at least 4 members (excludes halogenated alkanes) is 1. The molecule has 23 heavy (non-hydrogen) atoms. The molecule has 0 radical (unpaired) electrons. The van der Waals surface area contributed by atoms with Crippen molar-refractivity contribution in [2.45, 2.75) is 19.8 Å². The monoisotopic (exact) mass is 305 g/mol. The van der Waals surface area contributed by atoms with Crippen LogP contribution in [0.2, 0.25) is 0 Å². The molecule has 0 spiro atoms. The van der Waals surface area contributed by atoms with Crippen molar-refractivity contribution < 1.29 is 4.79 Å². The lowest BCUT2D eigenvalue weighted by Gasteiger charge is -2.10. The Kier molecular flexibility index (Phi) is 4.62. The SMILES string of the molecule is CCCCNC(=O)c1cc(-c2ccccn2)nc2ccccc12. The molecule has 0 aliphatic carbocycles. The molecule has 116 valence electrons.